The molecule has 0 unspecified atom stereocenters. The van der Waals surface area contributed by atoms with Crippen LogP contribution in [0.2, 0.25) is 0 Å². The summed E-state index contributed by atoms with van der Waals surface area (Å²) < 4.78 is 0. The number of rotatable bonds is 14. The van der Waals surface area contributed by atoms with Crippen LogP contribution in [0.3, 0.4) is 0 Å². The first-order chi connectivity index (χ1) is 19.4. The molecule has 5 heteroatoms. The molecule has 4 nitrogen and oxygen atoms in total. The minimum absolute atomic E-state index is 0. The van der Waals surface area contributed by atoms with Gasteiger partial charge in [0.1, 0.15) is 0 Å². The Morgan fingerprint density at radius 1 is 0.634 bits per heavy atom. The number of hydrogen-bond donors (Lipinski definition) is 0. The fourth-order valence-electron chi connectivity index (χ4n) is 4.55. The number of aryl methyl sites for hydroxylation is 2. The van der Waals surface area contributed by atoms with Crippen LogP contribution in [0.1, 0.15) is 102 Å². The number of para-hydroxylation sites is 2. The molecule has 3 aromatic rings. The normalized spacial score (nSPS) is 11.4. The summed E-state index contributed by atoms with van der Waals surface area (Å²) in [6.45, 7) is 10.3. The van der Waals surface area contributed by atoms with Gasteiger partial charge in [-0.3, -0.25) is 9.98 Å². The van der Waals surface area contributed by atoms with Crippen LogP contribution in [-0.2, 0) is 29.3 Å². The van der Waals surface area contributed by atoms with E-state index in [1.54, 1.807) is 6.92 Å². The smallest absolute Gasteiger partial charge is 0.873 e. The van der Waals surface area contributed by atoms with Gasteiger partial charge in [-0.1, -0.05) is 107 Å². The van der Waals surface area contributed by atoms with E-state index < -0.39 is 0 Å². The van der Waals surface area contributed by atoms with Crippen molar-refractivity contribution in [3.63, 3.8) is 0 Å². The molecular formula is C36H48N2NiO2. The predicted octanol–water partition coefficient (Wildman–Crippen LogP) is 9.35. The molecule has 0 fully saturated rings. The number of nitrogens with zero attached hydrogens (tertiary/aromatic N) is 2. The predicted molar refractivity (Wildman–Crippen MR) is 169 cm³/mol. The van der Waals surface area contributed by atoms with Gasteiger partial charge in [-0.2, -0.15) is 0 Å². The maximum absolute atomic E-state index is 11.8. The van der Waals surface area contributed by atoms with Gasteiger partial charge in [-0.15, -0.1) is 11.5 Å². The van der Waals surface area contributed by atoms with Crippen LogP contribution < -0.4 is 10.2 Å². The van der Waals surface area contributed by atoms with E-state index in [4.69, 9.17) is 9.98 Å². The van der Waals surface area contributed by atoms with Crippen LogP contribution >= 0.6 is 0 Å². The third-order valence-electron chi connectivity index (χ3n) is 6.94. The molecular weight excluding hydrogens is 551 g/mol. The molecule has 0 amide bonds. The summed E-state index contributed by atoms with van der Waals surface area (Å²) in [5.41, 5.74) is 6.71. The van der Waals surface area contributed by atoms with Gasteiger partial charge in [0.05, 0.1) is 22.8 Å². The summed E-state index contributed by atoms with van der Waals surface area (Å²) in [6, 6.07) is 22.4. The van der Waals surface area contributed by atoms with Gasteiger partial charge in [0.2, 0.25) is 0 Å². The summed E-state index contributed by atoms with van der Waals surface area (Å²) in [6.07, 6.45) is 11.5. The second-order valence-corrected chi connectivity index (χ2v) is 10.3. The van der Waals surface area contributed by atoms with Crippen LogP contribution in [0.25, 0.3) is 0 Å². The van der Waals surface area contributed by atoms with Crippen molar-refractivity contribution in [1.29, 1.82) is 0 Å². The molecule has 0 aliphatic heterocycles. The van der Waals surface area contributed by atoms with Gasteiger partial charge in [-0.25, -0.2) is 0 Å². The third-order valence-corrected chi connectivity index (χ3v) is 6.94. The van der Waals surface area contributed by atoms with E-state index in [9.17, 15) is 10.2 Å². The number of aliphatic imine (C=N–C) groups is 2. The molecule has 0 aliphatic carbocycles. The zero-order chi connectivity index (χ0) is 29.2. The molecule has 0 saturated heterocycles. The number of unbranched alkanes of at least 4 members (excludes halogenated alkanes) is 4. The Labute approximate surface area is 259 Å². The maximum atomic E-state index is 11.8. The van der Waals surface area contributed by atoms with Crippen LogP contribution in [-0.4, -0.2) is 11.4 Å². The maximum Gasteiger partial charge on any atom is 2.00 e. The summed E-state index contributed by atoms with van der Waals surface area (Å²) in [5, 5.41) is 23.3. The zero-order valence-corrected chi connectivity index (χ0v) is 26.6. The second kappa shape index (κ2) is 20.9. The second-order valence-electron chi connectivity index (χ2n) is 10.3. The standard InChI is InChI=1S/C23H30N2.C13H20O2.Ni/c1-3-5-9-19-23(25-21-16-12-8-13-17-21)22(18-6-4-2)24-20-14-10-7-11-15-20;1-4-6-7-11-10(5-2)8-9(3)12(14)13(11)15;/h7-8,10-17H,3-6,9,18-19H2,1-2H3;8,14-15H,4-7H2,1-3H3;/q;;+2/p-2. The molecule has 41 heavy (non-hydrogen) atoms. The number of benzene rings is 3. The van der Waals surface area contributed by atoms with E-state index >= 15 is 0 Å². The van der Waals surface area contributed by atoms with Gasteiger partial charge < -0.3 is 10.2 Å². The molecule has 0 aromatic heterocycles. The Morgan fingerprint density at radius 3 is 1.59 bits per heavy atom. The molecule has 0 heterocycles. The van der Waals surface area contributed by atoms with Gasteiger partial charge >= 0.3 is 16.5 Å². The first-order valence-electron chi connectivity index (χ1n) is 15.2. The van der Waals surface area contributed by atoms with Crippen LogP contribution in [0.4, 0.5) is 11.4 Å². The first kappa shape index (κ1) is 36.1. The molecule has 0 saturated carbocycles. The van der Waals surface area contributed by atoms with Gasteiger partial charge in [0, 0.05) is 0 Å². The van der Waals surface area contributed by atoms with Crippen LogP contribution in [0.15, 0.2) is 76.7 Å². The average Bonchev–Trinajstić information content (AvgIpc) is 2.98. The van der Waals surface area contributed by atoms with E-state index in [0.29, 0.717) is 5.56 Å². The van der Waals surface area contributed by atoms with Crippen molar-refractivity contribution in [1.82, 2.24) is 0 Å². The zero-order valence-electron chi connectivity index (χ0n) is 25.7. The van der Waals surface area contributed by atoms with Crippen molar-refractivity contribution in [2.24, 2.45) is 9.98 Å². The van der Waals surface area contributed by atoms with E-state index in [0.717, 1.165) is 78.9 Å². The largest absolute Gasteiger partial charge is 2.00 e. The fraction of sp³-hybridized carbons (Fsp3) is 0.444. The van der Waals surface area contributed by atoms with E-state index in [1.165, 1.54) is 25.7 Å². The average molecular weight is 599 g/mol. The monoisotopic (exact) mass is 598 g/mol. The van der Waals surface area contributed by atoms with Crippen molar-refractivity contribution in [3.8, 4) is 11.5 Å². The Kier molecular flexibility index (Phi) is 18.4. The minimum atomic E-state index is -0.321. The van der Waals surface area contributed by atoms with Gasteiger partial charge in [0.15, 0.2) is 0 Å². The van der Waals surface area contributed by atoms with E-state index in [-0.39, 0.29) is 28.0 Å². The van der Waals surface area contributed by atoms with Gasteiger partial charge in [0.25, 0.3) is 0 Å². The van der Waals surface area contributed by atoms with E-state index in [1.807, 2.05) is 49.4 Å². The summed E-state index contributed by atoms with van der Waals surface area (Å²) >= 11 is 0. The van der Waals surface area contributed by atoms with Crippen molar-refractivity contribution in [2.45, 2.75) is 105 Å². The van der Waals surface area contributed by atoms with Crippen molar-refractivity contribution in [3.05, 3.63) is 83.4 Å². The van der Waals surface area contributed by atoms with Crippen molar-refractivity contribution >= 4 is 22.8 Å². The molecule has 0 spiro atoms. The topological polar surface area (TPSA) is 70.8 Å². The Balaban J connectivity index is 0.000000451. The molecule has 0 aliphatic rings. The summed E-state index contributed by atoms with van der Waals surface area (Å²) in [4.78, 5) is 9.92. The Bertz CT molecular complexity index is 1190. The minimum Gasteiger partial charge on any atom is -0.873 e. The molecule has 0 bridgehead atoms. The van der Waals surface area contributed by atoms with Crippen molar-refractivity contribution < 1.29 is 26.7 Å². The first-order valence-corrected chi connectivity index (χ1v) is 15.2. The molecule has 3 rings (SSSR count). The van der Waals surface area contributed by atoms with Crippen LogP contribution in [0.5, 0.6) is 11.5 Å². The Morgan fingerprint density at radius 2 is 1.12 bits per heavy atom. The fourth-order valence-corrected chi connectivity index (χ4v) is 4.55. The van der Waals surface area contributed by atoms with Gasteiger partial charge in [-0.05, 0) is 81.7 Å². The molecule has 224 valence electrons. The third kappa shape index (κ3) is 12.7. The molecule has 3 aromatic carbocycles. The summed E-state index contributed by atoms with van der Waals surface area (Å²) in [5.74, 6) is -0.599. The quantitative estimate of drug-likeness (QED) is 0.105. The summed E-state index contributed by atoms with van der Waals surface area (Å²) in [7, 11) is 0. The Hall–Kier alpha value is -2.91. The van der Waals surface area contributed by atoms with Crippen LogP contribution in [0, 0.1) is 6.92 Å². The molecule has 0 radical (unpaired) electrons. The SMILES string of the molecule is CCCCCC(=Nc1ccccc1)C(CCCC)=Nc1ccccc1.CCCCc1c(CC)cc(C)c([O-])c1[O-].[Ni+2]. The van der Waals surface area contributed by atoms with E-state index in [2.05, 4.69) is 45.0 Å². The van der Waals surface area contributed by atoms with Crippen molar-refractivity contribution in [2.75, 3.05) is 0 Å². The number of hydrogen-bond acceptors (Lipinski definition) is 4. The molecule has 0 atom stereocenters. The molecule has 0 N–H and O–H groups in total.